The van der Waals surface area contributed by atoms with Crippen molar-refractivity contribution in [1.82, 2.24) is 15.5 Å². The van der Waals surface area contributed by atoms with Crippen molar-refractivity contribution in [3.63, 3.8) is 0 Å². The number of nitrogens with zero attached hydrogens (tertiary/aromatic N) is 1. The minimum atomic E-state index is -0.881. The fourth-order valence-electron chi connectivity index (χ4n) is 3.72. The summed E-state index contributed by atoms with van der Waals surface area (Å²) in [5, 5.41) is 5.36. The molecule has 6 nitrogen and oxygen atoms in total. The average Bonchev–Trinajstić information content (AvgIpc) is 3.04. The first-order chi connectivity index (χ1) is 16.3. The van der Waals surface area contributed by atoms with E-state index in [0.717, 1.165) is 21.6 Å². The number of imide groups is 1. The maximum Gasteiger partial charge on any atom is 0.325 e. The predicted molar refractivity (Wildman–Crippen MR) is 133 cm³/mol. The standard InChI is InChI=1S/C27H27N3O3S/c1-27(2)25(32)30(26(33)29-27)18-20-15-13-19(14-16-20)17-28-24(31)23(21-9-5-3-6-10-21)34-22-11-7-4-8-12-22/h3-16,23H,17-18H2,1-2H3,(H,28,31)(H,29,33). The van der Waals surface area contributed by atoms with E-state index in [9.17, 15) is 14.4 Å². The topological polar surface area (TPSA) is 78.5 Å². The van der Waals surface area contributed by atoms with E-state index in [1.807, 2.05) is 84.9 Å². The number of amides is 4. The molecule has 4 amide bonds. The molecule has 1 fully saturated rings. The normalized spacial score (nSPS) is 15.6. The van der Waals surface area contributed by atoms with Crippen LogP contribution >= 0.6 is 11.8 Å². The third-order valence-electron chi connectivity index (χ3n) is 5.61. The fraction of sp³-hybridized carbons (Fsp3) is 0.222. The molecule has 1 heterocycles. The summed E-state index contributed by atoms with van der Waals surface area (Å²) in [5.74, 6) is -0.303. The molecule has 0 saturated carbocycles. The van der Waals surface area contributed by atoms with Gasteiger partial charge in [-0.25, -0.2) is 4.79 Å². The average molecular weight is 474 g/mol. The lowest BCUT2D eigenvalue weighted by Crippen LogP contribution is -2.40. The Kier molecular flexibility index (Phi) is 7.03. The monoisotopic (exact) mass is 473 g/mol. The minimum Gasteiger partial charge on any atom is -0.351 e. The Morgan fingerprint density at radius 1 is 0.912 bits per heavy atom. The lowest BCUT2D eigenvalue weighted by Gasteiger charge is -2.18. The second kappa shape index (κ2) is 10.1. The van der Waals surface area contributed by atoms with Crippen LogP contribution in [-0.2, 0) is 22.7 Å². The van der Waals surface area contributed by atoms with Gasteiger partial charge in [0.1, 0.15) is 10.8 Å². The molecule has 7 heteroatoms. The van der Waals surface area contributed by atoms with Crippen LogP contribution < -0.4 is 10.6 Å². The highest BCUT2D eigenvalue weighted by molar-refractivity contribution is 8.00. The lowest BCUT2D eigenvalue weighted by atomic mass is 10.1. The zero-order chi connectivity index (χ0) is 24.1. The molecule has 1 saturated heterocycles. The van der Waals surface area contributed by atoms with Gasteiger partial charge in [0.05, 0.1) is 6.54 Å². The molecule has 0 spiro atoms. The van der Waals surface area contributed by atoms with E-state index >= 15 is 0 Å². The van der Waals surface area contributed by atoms with E-state index in [-0.39, 0.29) is 29.6 Å². The Labute approximate surface area is 203 Å². The van der Waals surface area contributed by atoms with Crippen molar-refractivity contribution in [1.29, 1.82) is 0 Å². The molecule has 1 atom stereocenters. The van der Waals surface area contributed by atoms with Gasteiger partial charge in [-0.15, -0.1) is 11.8 Å². The molecule has 2 N–H and O–H groups in total. The van der Waals surface area contributed by atoms with Crippen molar-refractivity contribution in [3.8, 4) is 0 Å². The number of carbonyl (C=O) groups is 3. The summed E-state index contributed by atoms with van der Waals surface area (Å²) in [6, 6.07) is 26.8. The third-order valence-corrected chi connectivity index (χ3v) is 6.88. The molecule has 34 heavy (non-hydrogen) atoms. The Bertz CT molecular complexity index is 1160. The summed E-state index contributed by atoms with van der Waals surface area (Å²) in [5.41, 5.74) is 1.85. The maximum atomic E-state index is 13.1. The van der Waals surface area contributed by atoms with Gasteiger partial charge in [-0.05, 0) is 42.7 Å². The third kappa shape index (κ3) is 5.48. The van der Waals surface area contributed by atoms with Gasteiger partial charge in [0, 0.05) is 11.4 Å². The molecular formula is C27H27N3O3S. The van der Waals surface area contributed by atoms with Crippen molar-refractivity contribution >= 4 is 29.6 Å². The van der Waals surface area contributed by atoms with Gasteiger partial charge >= 0.3 is 6.03 Å². The van der Waals surface area contributed by atoms with Crippen molar-refractivity contribution in [2.24, 2.45) is 0 Å². The van der Waals surface area contributed by atoms with Gasteiger partial charge in [-0.3, -0.25) is 14.5 Å². The Balaban J connectivity index is 1.39. The summed E-state index contributed by atoms with van der Waals surface area (Å²) < 4.78 is 0. The lowest BCUT2D eigenvalue weighted by molar-refractivity contribution is -0.130. The van der Waals surface area contributed by atoms with Crippen LogP contribution in [-0.4, -0.2) is 28.3 Å². The molecule has 0 aromatic heterocycles. The first kappa shape index (κ1) is 23.6. The van der Waals surface area contributed by atoms with E-state index in [4.69, 9.17) is 0 Å². The number of benzene rings is 3. The molecule has 1 unspecified atom stereocenters. The first-order valence-corrected chi connectivity index (χ1v) is 12.0. The van der Waals surface area contributed by atoms with E-state index in [0.29, 0.717) is 6.54 Å². The first-order valence-electron chi connectivity index (χ1n) is 11.1. The van der Waals surface area contributed by atoms with Crippen LogP contribution in [0, 0.1) is 0 Å². The van der Waals surface area contributed by atoms with Crippen LogP contribution in [0.3, 0.4) is 0 Å². The quantitative estimate of drug-likeness (QED) is 0.368. The highest BCUT2D eigenvalue weighted by atomic mass is 32.2. The second-order valence-electron chi connectivity index (χ2n) is 8.70. The molecule has 0 radical (unpaired) electrons. The highest BCUT2D eigenvalue weighted by Crippen LogP contribution is 2.35. The van der Waals surface area contributed by atoms with Crippen LogP contribution in [0.4, 0.5) is 4.79 Å². The predicted octanol–water partition coefficient (Wildman–Crippen LogP) is 4.67. The second-order valence-corrected chi connectivity index (χ2v) is 9.88. The molecule has 0 bridgehead atoms. The zero-order valence-corrected chi connectivity index (χ0v) is 20.0. The van der Waals surface area contributed by atoms with Crippen LogP contribution in [0.25, 0.3) is 0 Å². The number of hydrogen-bond acceptors (Lipinski definition) is 4. The summed E-state index contributed by atoms with van der Waals surface area (Å²) in [6.07, 6.45) is 0. The van der Waals surface area contributed by atoms with Crippen molar-refractivity contribution in [2.45, 2.75) is 42.6 Å². The zero-order valence-electron chi connectivity index (χ0n) is 19.2. The van der Waals surface area contributed by atoms with E-state index in [2.05, 4.69) is 10.6 Å². The molecule has 174 valence electrons. The van der Waals surface area contributed by atoms with Gasteiger partial charge < -0.3 is 10.6 Å². The molecule has 3 aromatic carbocycles. The molecular weight excluding hydrogens is 446 g/mol. The summed E-state index contributed by atoms with van der Waals surface area (Å²) >= 11 is 1.52. The van der Waals surface area contributed by atoms with Gasteiger partial charge in [0.2, 0.25) is 5.91 Å². The Hall–Kier alpha value is -3.58. The van der Waals surface area contributed by atoms with Gasteiger partial charge in [0.15, 0.2) is 0 Å². The highest BCUT2D eigenvalue weighted by Gasteiger charge is 2.44. The number of thioether (sulfide) groups is 1. The maximum absolute atomic E-state index is 13.1. The summed E-state index contributed by atoms with van der Waals surface area (Å²) in [6.45, 7) is 3.98. The van der Waals surface area contributed by atoms with E-state index in [1.165, 1.54) is 16.7 Å². The Morgan fingerprint density at radius 2 is 1.50 bits per heavy atom. The fourth-order valence-corrected chi connectivity index (χ4v) is 4.79. The summed E-state index contributed by atoms with van der Waals surface area (Å²) in [4.78, 5) is 39.9. The number of urea groups is 1. The van der Waals surface area contributed by atoms with Gasteiger partial charge in [0.25, 0.3) is 5.91 Å². The smallest absolute Gasteiger partial charge is 0.325 e. The molecule has 0 aliphatic carbocycles. The largest absolute Gasteiger partial charge is 0.351 e. The molecule has 1 aliphatic rings. The van der Waals surface area contributed by atoms with E-state index in [1.54, 1.807) is 13.8 Å². The van der Waals surface area contributed by atoms with Crippen molar-refractivity contribution in [2.75, 3.05) is 0 Å². The SMILES string of the molecule is CC1(C)NC(=O)N(Cc2ccc(CNC(=O)C(Sc3ccccc3)c3ccccc3)cc2)C1=O. The van der Waals surface area contributed by atoms with Crippen molar-refractivity contribution in [3.05, 3.63) is 102 Å². The van der Waals surface area contributed by atoms with Crippen LogP contribution in [0.1, 0.15) is 35.8 Å². The van der Waals surface area contributed by atoms with Gasteiger partial charge in [-0.2, -0.15) is 0 Å². The van der Waals surface area contributed by atoms with Crippen LogP contribution in [0.5, 0.6) is 0 Å². The Morgan fingerprint density at radius 3 is 2.09 bits per heavy atom. The molecule has 4 rings (SSSR count). The van der Waals surface area contributed by atoms with E-state index < -0.39 is 5.54 Å². The van der Waals surface area contributed by atoms with Crippen LogP contribution in [0.2, 0.25) is 0 Å². The minimum absolute atomic E-state index is 0.0642. The number of nitrogens with one attached hydrogen (secondary N) is 2. The number of hydrogen-bond donors (Lipinski definition) is 2. The molecule has 3 aromatic rings. The summed E-state index contributed by atoms with van der Waals surface area (Å²) in [7, 11) is 0. The number of carbonyl (C=O) groups excluding carboxylic acids is 3. The van der Waals surface area contributed by atoms with Gasteiger partial charge in [-0.1, -0.05) is 72.8 Å². The molecule has 1 aliphatic heterocycles. The van der Waals surface area contributed by atoms with Crippen molar-refractivity contribution < 1.29 is 14.4 Å². The van der Waals surface area contributed by atoms with Crippen LogP contribution in [0.15, 0.2) is 89.8 Å². The number of rotatable bonds is 8.